The summed E-state index contributed by atoms with van der Waals surface area (Å²) in [5, 5.41) is 5.10. The lowest BCUT2D eigenvalue weighted by molar-refractivity contribution is 0.378. The molecule has 0 spiro atoms. The highest BCUT2D eigenvalue weighted by Crippen LogP contribution is 2.27. The van der Waals surface area contributed by atoms with Gasteiger partial charge >= 0.3 is 0 Å². The van der Waals surface area contributed by atoms with Gasteiger partial charge in [-0.25, -0.2) is 13.1 Å². The van der Waals surface area contributed by atoms with Gasteiger partial charge in [0.2, 0.25) is 10.0 Å². The zero-order valence-corrected chi connectivity index (χ0v) is 14.7. The summed E-state index contributed by atoms with van der Waals surface area (Å²) in [5.41, 5.74) is 0.949. The third-order valence-corrected chi connectivity index (χ3v) is 5.88. The SMILES string of the molecule is CCNCc1scc(C)c1S(=O)(=O)NCCC(C)(C)C. The van der Waals surface area contributed by atoms with Crippen molar-refractivity contribution in [3.63, 3.8) is 0 Å². The first-order valence-electron chi connectivity index (χ1n) is 6.94. The van der Waals surface area contributed by atoms with Gasteiger partial charge in [-0.2, -0.15) is 0 Å². The molecule has 0 amide bonds. The number of rotatable bonds is 7. The van der Waals surface area contributed by atoms with Gasteiger partial charge in [-0.05, 0) is 36.2 Å². The quantitative estimate of drug-likeness (QED) is 0.813. The van der Waals surface area contributed by atoms with Crippen LogP contribution in [0.2, 0.25) is 0 Å². The van der Waals surface area contributed by atoms with Crippen molar-refractivity contribution in [1.29, 1.82) is 0 Å². The van der Waals surface area contributed by atoms with Gasteiger partial charge in [-0.3, -0.25) is 0 Å². The molecule has 1 aromatic rings. The Labute approximate surface area is 127 Å². The van der Waals surface area contributed by atoms with Gasteiger partial charge < -0.3 is 5.32 Å². The molecule has 6 heteroatoms. The van der Waals surface area contributed by atoms with Crippen LogP contribution in [0.3, 0.4) is 0 Å². The highest BCUT2D eigenvalue weighted by molar-refractivity contribution is 7.89. The molecule has 0 radical (unpaired) electrons. The smallest absolute Gasteiger partial charge is 0.241 e. The molecule has 0 aromatic carbocycles. The molecule has 0 unspecified atom stereocenters. The zero-order chi connectivity index (χ0) is 15.4. The minimum atomic E-state index is -3.41. The van der Waals surface area contributed by atoms with E-state index in [1.54, 1.807) is 0 Å². The highest BCUT2D eigenvalue weighted by Gasteiger charge is 2.23. The van der Waals surface area contributed by atoms with E-state index in [-0.39, 0.29) is 5.41 Å². The number of thiophene rings is 1. The number of nitrogens with one attached hydrogen (secondary N) is 2. The third-order valence-electron chi connectivity index (χ3n) is 2.96. The standard InChI is InChI=1S/C14H26N2O2S2/c1-6-15-9-12-13(11(2)10-19-12)20(17,18)16-8-7-14(3,4)5/h10,15-16H,6-9H2,1-5H3. The van der Waals surface area contributed by atoms with Crippen molar-refractivity contribution in [2.45, 2.75) is 52.5 Å². The molecule has 1 heterocycles. The molecule has 20 heavy (non-hydrogen) atoms. The number of hydrogen-bond acceptors (Lipinski definition) is 4. The lowest BCUT2D eigenvalue weighted by Crippen LogP contribution is -2.28. The largest absolute Gasteiger partial charge is 0.312 e. The summed E-state index contributed by atoms with van der Waals surface area (Å²) >= 11 is 1.50. The van der Waals surface area contributed by atoms with Gasteiger partial charge in [0.15, 0.2) is 0 Å². The Morgan fingerprint density at radius 1 is 1.30 bits per heavy atom. The van der Waals surface area contributed by atoms with Crippen molar-refractivity contribution in [1.82, 2.24) is 10.0 Å². The van der Waals surface area contributed by atoms with Gasteiger partial charge in [0, 0.05) is 18.0 Å². The van der Waals surface area contributed by atoms with Crippen LogP contribution in [-0.4, -0.2) is 21.5 Å². The monoisotopic (exact) mass is 318 g/mol. The minimum Gasteiger partial charge on any atom is -0.312 e. The highest BCUT2D eigenvalue weighted by atomic mass is 32.2. The number of aryl methyl sites for hydroxylation is 1. The fraction of sp³-hybridized carbons (Fsp3) is 0.714. The molecule has 0 atom stereocenters. The second-order valence-electron chi connectivity index (χ2n) is 6.16. The lowest BCUT2D eigenvalue weighted by Gasteiger charge is -2.18. The van der Waals surface area contributed by atoms with E-state index in [1.807, 2.05) is 19.2 Å². The first kappa shape index (κ1) is 17.6. The summed E-state index contributed by atoms with van der Waals surface area (Å²) in [5.74, 6) is 0. The maximum atomic E-state index is 12.5. The topological polar surface area (TPSA) is 58.2 Å². The van der Waals surface area contributed by atoms with E-state index < -0.39 is 10.0 Å². The van der Waals surface area contributed by atoms with E-state index in [9.17, 15) is 8.42 Å². The Hall–Kier alpha value is -0.430. The molecule has 0 fully saturated rings. The molecular weight excluding hydrogens is 292 g/mol. The van der Waals surface area contributed by atoms with Crippen molar-refractivity contribution in [2.75, 3.05) is 13.1 Å². The van der Waals surface area contributed by atoms with Gasteiger partial charge in [0.25, 0.3) is 0 Å². The molecule has 1 rings (SSSR count). The van der Waals surface area contributed by atoms with Crippen molar-refractivity contribution in [3.05, 3.63) is 15.8 Å². The first-order valence-corrected chi connectivity index (χ1v) is 9.31. The van der Waals surface area contributed by atoms with Crippen molar-refractivity contribution in [3.8, 4) is 0 Å². The minimum absolute atomic E-state index is 0.124. The van der Waals surface area contributed by atoms with E-state index in [2.05, 4.69) is 30.8 Å². The Kier molecular flexibility index (Phi) is 6.19. The Balaban J connectivity index is 2.84. The van der Waals surface area contributed by atoms with Crippen molar-refractivity contribution >= 4 is 21.4 Å². The third kappa shape index (κ3) is 5.16. The number of sulfonamides is 1. The second-order valence-corrected chi connectivity index (χ2v) is 8.83. The van der Waals surface area contributed by atoms with Crippen LogP contribution in [0.1, 0.15) is 44.6 Å². The van der Waals surface area contributed by atoms with E-state index in [0.29, 0.717) is 18.0 Å². The van der Waals surface area contributed by atoms with Crippen molar-refractivity contribution in [2.24, 2.45) is 5.41 Å². The van der Waals surface area contributed by atoms with Crippen LogP contribution in [0, 0.1) is 12.3 Å². The van der Waals surface area contributed by atoms with Crippen molar-refractivity contribution < 1.29 is 8.42 Å². The average molecular weight is 319 g/mol. The lowest BCUT2D eigenvalue weighted by atomic mass is 9.93. The van der Waals surface area contributed by atoms with Gasteiger partial charge in [-0.15, -0.1) is 11.3 Å². The number of hydrogen-bond donors (Lipinski definition) is 2. The Morgan fingerprint density at radius 3 is 2.50 bits per heavy atom. The maximum Gasteiger partial charge on any atom is 0.241 e. The molecule has 0 saturated carbocycles. The van der Waals surface area contributed by atoms with Crippen LogP contribution in [0.5, 0.6) is 0 Å². The normalized spacial score (nSPS) is 12.8. The van der Waals surface area contributed by atoms with Gasteiger partial charge in [0.1, 0.15) is 4.90 Å². The van der Waals surface area contributed by atoms with Crippen LogP contribution < -0.4 is 10.0 Å². The van der Waals surface area contributed by atoms with Crippen LogP contribution >= 0.6 is 11.3 Å². The van der Waals surface area contributed by atoms with Gasteiger partial charge in [-0.1, -0.05) is 27.7 Å². The van der Waals surface area contributed by atoms with Crippen LogP contribution in [0.15, 0.2) is 10.3 Å². The summed E-state index contributed by atoms with van der Waals surface area (Å²) in [6, 6.07) is 0. The van der Waals surface area contributed by atoms with Crippen LogP contribution in [0.25, 0.3) is 0 Å². The molecule has 0 aliphatic carbocycles. The van der Waals surface area contributed by atoms with Gasteiger partial charge in [0.05, 0.1) is 0 Å². The molecule has 0 bridgehead atoms. The summed E-state index contributed by atoms with van der Waals surface area (Å²) < 4.78 is 27.6. The summed E-state index contributed by atoms with van der Waals surface area (Å²) in [6.45, 7) is 12.1. The maximum absolute atomic E-state index is 12.5. The van der Waals surface area contributed by atoms with E-state index in [0.717, 1.165) is 23.4 Å². The molecule has 116 valence electrons. The zero-order valence-electron chi connectivity index (χ0n) is 13.0. The molecular formula is C14H26N2O2S2. The van der Waals surface area contributed by atoms with E-state index in [1.165, 1.54) is 11.3 Å². The fourth-order valence-corrected chi connectivity index (χ4v) is 4.65. The summed E-state index contributed by atoms with van der Waals surface area (Å²) in [4.78, 5) is 1.34. The predicted octanol–water partition coefficient (Wildman–Crippen LogP) is 2.88. The first-order chi connectivity index (χ1) is 9.17. The van der Waals surface area contributed by atoms with E-state index >= 15 is 0 Å². The Morgan fingerprint density at radius 2 is 1.95 bits per heavy atom. The molecule has 4 nitrogen and oxygen atoms in total. The predicted molar refractivity (Wildman–Crippen MR) is 85.7 cm³/mol. The average Bonchev–Trinajstić information content (AvgIpc) is 2.66. The second kappa shape index (κ2) is 7.02. The summed E-state index contributed by atoms with van der Waals surface area (Å²) in [7, 11) is -3.41. The Bertz CT molecular complexity index is 528. The fourth-order valence-electron chi connectivity index (χ4n) is 1.84. The molecule has 0 aliphatic rings. The van der Waals surface area contributed by atoms with Crippen LogP contribution in [-0.2, 0) is 16.6 Å². The molecule has 1 aromatic heterocycles. The molecule has 0 aliphatic heterocycles. The summed E-state index contributed by atoms with van der Waals surface area (Å²) in [6.07, 6.45) is 0.817. The molecule has 0 saturated heterocycles. The van der Waals surface area contributed by atoms with E-state index in [4.69, 9.17) is 0 Å². The van der Waals surface area contributed by atoms with Crippen LogP contribution in [0.4, 0.5) is 0 Å². The molecule has 2 N–H and O–H groups in total.